The van der Waals surface area contributed by atoms with Crippen LogP contribution in [0.4, 0.5) is 10.7 Å². The third-order valence-corrected chi connectivity index (χ3v) is 4.60. The number of aromatic nitrogens is 2. The van der Waals surface area contributed by atoms with E-state index in [-0.39, 0.29) is 24.1 Å². The number of nitrogens with one attached hydrogen (secondary N) is 3. The number of benzene rings is 1. The number of carbonyl (C=O) groups excluding carboxylic acids is 2. The minimum Gasteiger partial charge on any atom is -0.387 e. The molecule has 9 nitrogen and oxygen atoms in total. The molecule has 0 bridgehead atoms. The first-order chi connectivity index (χ1) is 14.0. The Bertz CT molecular complexity index is 883. The molecule has 2 aromatic rings. The summed E-state index contributed by atoms with van der Waals surface area (Å²) in [5.74, 6) is 0.380. The fourth-order valence-electron chi connectivity index (χ4n) is 3.09. The second-order valence-corrected chi connectivity index (χ2v) is 6.88. The average molecular weight is 395 g/mol. The second kappa shape index (κ2) is 9.63. The van der Waals surface area contributed by atoms with Crippen LogP contribution in [-0.4, -0.2) is 58.7 Å². The van der Waals surface area contributed by atoms with Gasteiger partial charge in [-0.1, -0.05) is 24.3 Å². The van der Waals surface area contributed by atoms with E-state index in [0.29, 0.717) is 38.4 Å². The van der Waals surface area contributed by atoms with E-state index in [4.69, 9.17) is 11.1 Å². The van der Waals surface area contributed by atoms with Gasteiger partial charge in [0.15, 0.2) is 0 Å². The zero-order valence-corrected chi connectivity index (χ0v) is 16.1. The molecule has 0 unspecified atom stereocenters. The number of rotatable bonds is 10. The molecule has 1 fully saturated rings. The van der Waals surface area contributed by atoms with Crippen LogP contribution in [0.1, 0.15) is 18.4 Å². The Kier molecular flexibility index (Phi) is 6.72. The van der Waals surface area contributed by atoms with E-state index >= 15 is 0 Å². The molecular weight excluding hydrogens is 370 g/mol. The van der Waals surface area contributed by atoms with E-state index in [1.54, 1.807) is 17.3 Å². The van der Waals surface area contributed by atoms with Gasteiger partial charge in [-0.05, 0) is 17.5 Å². The molecule has 0 radical (unpaired) electrons. The van der Waals surface area contributed by atoms with Crippen molar-refractivity contribution in [3.05, 3.63) is 42.2 Å². The number of urea groups is 1. The fourth-order valence-corrected chi connectivity index (χ4v) is 3.09. The highest BCUT2D eigenvalue weighted by Gasteiger charge is 2.18. The van der Waals surface area contributed by atoms with Gasteiger partial charge in [-0.2, -0.15) is 0 Å². The van der Waals surface area contributed by atoms with E-state index in [9.17, 15) is 9.59 Å². The summed E-state index contributed by atoms with van der Waals surface area (Å²) >= 11 is 0. The minimum absolute atomic E-state index is 0.00439. The van der Waals surface area contributed by atoms with Crippen molar-refractivity contribution in [2.24, 2.45) is 5.73 Å². The molecule has 1 aliphatic heterocycles. The van der Waals surface area contributed by atoms with Crippen molar-refractivity contribution in [3.8, 4) is 11.1 Å². The number of Topliss-reactive ketones (excluding diaryl/α,β-unsaturated/α-hetero) is 1. The Balaban J connectivity index is 1.53. The third-order valence-electron chi connectivity index (χ3n) is 4.60. The van der Waals surface area contributed by atoms with Crippen LogP contribution in [0.3, 0.4) is 0 Å². The van der Waals surface area contributed by atoms with E-state index in [1.165, 1.54) is 0 Å². The number of hydrogen-bond donors (Lipinski definition) is 4. The maximum Gasteiger partial charge on any atom is 0.317 e. The van der Waals surface area contributed by atoms with E-state index in [0.717, 1.165) is 23.2 Å². The standard InChI is InChI=1S/C20H25N7O2/c21-18(22)11-17(28)5-4-14-2-1-3-15(10-14)16-12-25-19(26-13-16)23-6-8-27-9-7-24-20(27)29/h1-3,10,12-13H,4-9,11H2,(H3,21,22)(H,24,29)(H,23,25,26). The molecule has 29 heavy (non-hydrogen) atoms. The molecule has 0 spiro atoms. The number of ketones is 1. The van der Waals surface area contributed by atoms with Crippen molar-refractivity contribution in [1.29, 1.82) is 5.41 Å². The Morgan fingerprint density at radius 2 is 2.07 bits per heavy atom. The number of hydrogen-bond acceptors (Lipinski definition) is 6. The largest absolute Gasteiger partial charge is 0.387 e. The van der Waals surface area contributed by atoms with Crippen LogP contribution in [0, 0.1) is 5.41 Å². The summed E-state index contributed by atoms with van der Waals surface area (Å²) in [4.78, 5) is 33.7. The number of carbonyl (C=O) groups is 2. The summed E-state index contributed by atoms with van der Waals surface area (Å²) < 4.78 is 0. The molecule has 0 saturated carbocycles. The maximum absolute atomic E-state index is 11.7. The SMILES string of the molecule is N=C(N)CC(=O)CCc1cccc(-c2cnc(NCCN3CCNC3=O)nc2)c1. The van der Waals surface area contributed by atoms with Gasteiger partial charge in [0.05, 0.1) is 12.3 Å². The summed E-state index contributed by atoms with van der Waals surface area (Å²) in [6, 6.07) is 7.85. The van der Waals surface area contributed by atoms with Gasteiger partial charge in [0.25, 0.3) is 0 Å². The van der Waals surface area contributed by atoms with Crippen LogP contribution in [0.15, 0.2) is 36.7 Å². The van der Waals surface area contributed by atoms with Crippen molar-refractivity contribution >= 4 is 23.6 Å². The van der Waals surface area contributed by atoms with Crippen molar-refractivity contribution in [2.45, 2.75) is 19.3 Å². The summed E-state index contributed by atoms with van der Waals surface area (Å²) in [5, 5.41) is 13.1. The second-order valence-electron chi connectivity index (χ2n) is 6.88. The van der Waals surface area contributed by atoms with Gasteiger partial charge in [-0.3, -0.25) is 10.2 Å². The molecule has 2 amide bonds. The van der Waals surface area contributed by atoms with Crippen LogP contribution < -0.4 is 16.4 Å². The highest BCUT2D eigenvalue weighted by molar-refractivity contribution is 5.98. The van der Waals surface area contributed by atoms with Crippen molar-refractivity contribution in [1.82, 2.24) is 20.2 Å². The Morgan fingerprint density at radius 3 is 2.76 bits per heavy atom. The van der Waals surface area contributed by atoms with Gasteiger partial charge in [-0.15, -0.1) is 0 Å². The smallest absolute Gasteiger partial charge is 0.317 e. The summed E-state index contributed by atoms with van der Waals surface area (Å²) in [7, 11) is 0. The summed E-state index contributed by atoms with van der Waals surface area (Å²) in [5.41, 5.74) is 8.15. The molecule has 9 heteroatoms. The fraction of sp³-hybridized carbons (Fsp3) is 0.350. The molecule has 5 N–H and O–H groups in total. The summed E-state index contributed by atoms with van der Waals surface area (Å²) in [6.07, 6.45) is 4.46. The van der Waals surface area contributed by atoms with Crippen molar-refractivity contribution in [2.75, 3.05) is 31.5 Å². The Labute approximate surface area is 169 Å². The van der Waals surface area contributed by atoms with Gasteiger partial charge in [-0.25, -0.2) is 14.8 Å². The Hall–Kier alpha value is -3.49. The molecule has 0 atom stereocenters. The van der Waals surface area contributed by atoms with Crippen LogP contribution >= 0.6 is 0 Å². The predicted octanol–water partition coefficient (Wildman–Crippen LogP) is 1.41. The van der Waals surface area contributed by atoms with E-state index < -0.39 is 0 Å². The first-order valence-electron chi connectivity index (χ1n) is 9.54. The molecular formula is C20H25N7O2. The molecule has 2 heterocycles. The van der Waals surface area contributed by atoms with E-state index in [2.05, 4.69) is 20.6 Å². The highest BCUT2D eigenvalue weighted by atomic mass is 16.2. The van der Waals surface area contributed by atoms with Crippen LogP contribution in [-0.2, 0) is 11.2 Å². The first-order valence-corrected chi connectivity index (χ1v) is 9.54. The van der Waals surface area contributed by atoms with Gasteiger partial charge < -0.3 is 21.3 Å². The highest BCUT2D eigenvalue weighted by Crippen LogP contribution is 2.20. The van der Waals surface area contributed by atoms with Gasteiger partial charge >= 0.3 is 6.03 Å². The van der Waals surface area contributed by atoms with Crippen molar-refractivity contribution < 1.29 is 9.59 Å². The molecule has 1 aromatic carbocycles. The molecule has 1 saturated heterocycles. The molecule has 1 aromatic heterocycles. The van der Waals surface area contributed by atoms with Gasteiger partial charge in [0.1, 0.15) is 5.78 Å². The van der Waals surface area contributed by atoms with E-state index in [1.807, 2.05) is 24.3 Å². The normalized spacial score (nSPS) is 13.2. The zero-order valence-electron chi connectivity index (χ0n) is 16.1. The van der Waals surface area contributed by atoms with Crippen molar-refractivity contribution in [3.63, 3.8) is 0 Å². The number of amides is 2. The quantitative estimate of drug-likeness (QED) is 0.355. The lowest BCUT2D eigenvalue weighted by Crippen LogP contribution is -2.32. The average Bonchev–Trinajstić information content (AvgIpc) is 3.11. The third kappa shape index (κ3) is 6.00. The minimum atomic E-state index is -0.0988. The number of anilines is 1. The number of nitrogens with two attached hydrogens (primary N) is 1. The predicted molar refractivity (Wildman–Crippen MR) is 111 cm³/mol. The number of amidine groups is 1. The van der Waals surface area contributed by atoms with Gasteiger partial charge in [0.2, 0.25) is 5.95 Å². The van der Waals surface area contributed by atoms with Crippen LogP contribution in [0.5, 0.6) is 0 Å². The lowest BCUT2D eigenvalue weighted by Gasteiger charge is -2.14. The summed E-state index contributed by atoms with van der Waals surface area (Å²) in [6.45, 7) is 2.59. The molecule has 0 aliphatic carbocycles. The number of aryl methyl sites for hydroxylation is 1. The topological polar surface area (TPSA) is 137 Å². The van der Waals surface area contributed by atoms with Gasteiger partial charge in [0, 0.05) is 50.6 Å². The lowest BCUT2D eigenvalue weighted by atomic mass is 10.0. The molecule has 1 aliphatic rings. The first kappa shape index (κ1) is 20.2. The van der Waals surface area contributed by atoms with Crippen LogP contribution in [0.2, 0.25) is 0 Å². The zero-order chi connectivity index (χ0) is 20.6. The monoisotopic (exact) mass is 395 g/mol. The number of nitrogens with zero attached hydrogens (tertiary/aromatic N) is 3. The molecule has 152 valence electrons. The molecule has 3 rings (SSSR count). The Morgan fingerprint density at radius 1 is 1.28 bits per heavy atom. The van der Waals surface area contributed by atoms with Crippen LogP contribution in [0.25, 0.3) is 11.1 Å². The lowest BCUT2D eigenvalue weighted by molar-refractivity contribution is -0.117. The maximum atomic E-state index is 11.7.